The summed E-state index contributed by atoms with van der Waals surface area (Å²) in [5, 5.41) is 2.84. The molecule has 0 radical (unpaired) electrons. The van der Waals surface area contributed by atoms with Crippen molar-refractivity contribution < 1.29 is 33.4 Å². The number of hydrogen-bond acceptors (Lipinski definition) is 8. The lowest BCUT2D eigenvalue weighted by atomic mass is 10.1. The fourth-order valence-corrected chi connectivity index (χ4v) is 3.28. The maximum atomic E-state index is 12.9. The van der Waals surface area contributed by atoms with E-state index in [9.17, 15) is 19.2 Å². The number of benzene rings is 1. The van der Waals surface area contributed by atoms with Gasteiger partial charge in [-0.2, -0.15) is 0 Å². The van der Waals surface area contributed by atoms with E-state index in [2.05, 4.69) is 5.32 Å². The van der Waals surface area contributed by atoms with Gasteiger partial charge in [-0.15, -0.1) is 0 Å². The number of piperazine rings is 1. The van der Waals surface area contributed by atoms with E-state index in [0.717, 1.165) is 0 Å². The molecule has 10 nitrogen and oxygen atoms in total. The van der Waals surface area contributed by atoms with Gasteiger partial charge in [0, 0.05) is 57.5 Å². The Kier molecular flexibility index (Phi) is 6.66. The van der Waals surface area contributed by atoms with E-state index in [0.29, 0.717) is 37.4 Å². The van der Waals surface area contributed by atoms with Gasteiger partial charge in [0.2, 0.25) is 0 Å². The van der Waals surface area contributed by atoms with Crippen LogP contribution < -0.4 is 5.32 Å². The third-order valence-corrected chi connectivity index (χ3v) is 4.83. The molecule has 1 aromatic carbocycles. The van der Waals surface area contributed by atoms with Gasteiger partial charge in [0.1, 0.15) is 5.60 Å². The van der Waals surface area contributed by atoms with Gasteiger partial charge in [0.05, 0.1) is 0 Å². The molecule has 0 atom stereocenters. The Hall–Kier alpha value is -3.56. The molecule has 10 heteroatoms. The van der Waals surface area contributed by atoms with E-state index < -0.39 is 29.4 Å². The van der Waals surface area contributed by atoms with Gasteiger partial charge >= 0.3 is 18.0 Å². The molecule has 3 rings (SSSR count). The summed E-state index contributed by atoms with van der Waals surface area (Å²) in [5.74, 6) is -3.09. The molecular formula is C23H29N3O7. The number of carbonyl (C=O) groups is 4. The monoisotopic (exact) mass is 459 g/mol. The second-order valence-corrected chi connectivity index (χ2v) is 9.22. The Bertz CT molecular complexity index is 964. The van der Waals surface area contributed by atoms with Crippen LogP contribution in [0.1, 0.15) is 45.0 Å². The lowest BCUT2D eigenvalue weighted by molar-refractivity contribution is -0.222. The van der Waals surface area contributed by atoms with Gasteiger partial charge in [0.25, 0.3) is 11.7 Å². The number of ether oxygens (including phenoxy) is 3. The standard InChI is InChI=1S/C23H29N3O7/c1-22(2,3)33-21(30)26-11-9-25(10-12-26)18(27)15-7-6-8-16(13-15)24-14-17-19(28)31-23(4,5)32-20(17)29/h6-8,13-14,24H,9-12H2,1-5H3. The van der Waals surface area contributed by atoms with Crippen molar-refractivity contribution in [2.75, 3.05) is 31.5 Å². The van der Waals surface area contributed by atoms with Gasteiger partial charge in [-0.1, -0.05) is 6.07 Å². The number of amides is 2. The van der Waals surface area contributed by atoms with Crippen molar-refractivity contribution in [3.63, 3.8) is 0 Å². The Morgan fingerprint density at radius 2 is 1.61 bits per heavy atom. The molecule has 0 aliphatic carbocycles. The van der Waals surface area contributed by atoms with E-state index in [1.807, 2.05) is 20.8 Å². The van der Waals surface area contributed by atoms with E-state index >= 15 is 0 Å². The molecule has 2 heterocycles. The third kappa shape index (κ3) is 6.24. The lowest BCUT2D eigenvalue weighted by Crippen LogP contribution is -2.51. The Morgan fingerprint density at radius 3 is 2.18 bits per heavy atom. The number of carbonyl (C=O) groups excluding carboxylic acids is 4. The van der Waals surface area contributed by atoms with Crippen LogP contribution in [0.15, 0.2) is 36.0 Å². The van der Waals surface area contributed by atoms with Gasteiger partial charge in [0.15, 0.2) is 5.57 Å². The zero-order chi connectivity index (χ0) is 24.4. The number of nitrogens with one attached hydrogen (secondary N) is 1. The summed E-state index contributed by atoms with van der Waals surface area (Å²) in [4.78, 5) is 52.5. The van der Waals surface area contributed by atoms with Gasteiger partial charge in [-0.3, -0.25) is 4.79 Å². The highest BCUT2D eigenvalue weighted by Gasteiger charge is 2.39. The molecule has 0 spiro atoms. The van der Waals surface area contributed by atoms with Crippen LogP contribution >= 0.6 is 0 Å². The fraction of sp³-hybridized carbons (Fsp3) is 0.478. The molecule has 2 aliphatic rings. The van der Waals surface area contributed by atoms with Gasteiger partial charge < -0.3 is 29.3 Å². The Labute approximate surface area is 192 Å². The molecule has 0 aromatic heterocycles. The number of nitrogens with zero attached hydrogens (tertiary/aromatic N) is 2. The van der Waals surface area contributed by atoms with E-state index in [1.54, 1.807) is 34.1 Å². The number of hydrogen-bond donors (Lipinski definition) is 1. The minimum atomic E-state index is -1.31. The van der Waals surface area contributed by atoms with Crippen LogP contribution in [-0.4, -0.2) is 71.3 Å². The molecule has 0 bridgehead atoms. The zero-order valence-corrected chi connectivity index (χ0v) is 19.5. The normalized spacial score (nSPS) is 18.3. The largest absolute Gasteiger partial charge is 0.444 e. The average Bonchev–Trinajstić information content (AvgIpc) is 2.71. The van der Waals surface area contributed by atoms with E-state index in [4.69, 9.17) is 14.2 Å². The topological polar surface area (TPSA) is 114 Å². The van der Waals surface area contributed by atoms with Crippen LogP contribution in [0.3, 0.4) is 0 Å². The summed E-state index contributed by atoms with van der Waals surface area (Å²) in [6.07, 6.45) is 0.806. The van der Waals surface area contributed by atoms with Gasteiger partial charge in [-0.25, -0.2) is 14.4 Å². The minimum absolute atomic E-state index is 0.187. The predicted molar refractivity (Wildman–Crippen MR) is 118 cm³/mol. The Morgan fingerprint density at radius 1 is 1.03 bits per heavy atom. The number of esters is 2. The summed E-state index contributed by atoms with van der Waals surface area (Å²) < 4.78 is 15.5. The first-order valence-corrected chi connectivity index (χ1v) is 10.7. The molecule has 0 unspecified atom stereocenters. The predicted octanol–water partition coefficient (Wildman–Crippen LogP) is 2.51. The van der Waals surface area contributed by atoms with Crippen LogP contribution in [0.25, 0.3) is 0 Å². The molecule has 0 saturated carbocycles. The molecule has 1 N–H and O–H groups in total. The van der Waals surface area contributed by atoms with Crippen LogP contribution in [0, 0.1) is 0 Å². The van der Waals surface area contributed by atoms with Crippen molar-refractivity contribution >= 4 is 29.6 Å². The van der Waals surface area contributed by atoms with E-state index in [-0.39, 0.29) is 11.5 Å². The second-order valence-electron chi connectivity index (χ2n) is 9.22. The van der Waals surface area contributed by atoms with Crippen molar-refractivity contribution in [1.29, 1.82) is 0 Å². The van der Waals surface area contributed by atoms with Crippen molar-refractivity contribution in [1.82, 2.24) is 9.80 Å². The summed E-state index contributed by atoms with van der Waals surface area (Å²) >= 11 is 0. The van der Waals surface area contributed by atoms with Crippen LogP contribution in [0.2, 0.25) is 0 Å². The van der Waals surface area contributed by atoms with Crippen molar-refractivity contribution in [2.24, 2.45) is 0 Å². The molecule has 2 saturated heterocycles. The van der Waals surface area contributed by atoms with Crippen LogP contribution in [-0.2, 0) is 23.8 Å². The summed E-state index contributed by atoms with van der Waals surface area (Å²) in [6, 6.07) is 6.67. The quantitative estimate of drug-likeness (QED) is 0.417. The first-order chi connectivity index (χ1) is 15.3. The van der Waals surface area contributed by atoms with Gasteiger partial charge in [-0.05, 0) is 39.0 Å². The summed E-state index contributed by atoms with van der Waals surface area (Å²) in [5.41, 5.74) is 0.0863. The SMILES string of the molecule is CC(C)(C)OC(=O)N1CCN(C(=O)c2cccc(NC=C3C(=O)OC(C)(C)OC3=O)c2)CC1. The molecule has 1 aromatic rings. The fourth-order valence-electron chi connectivity index (χ4n) is 3.28. The average molecular weight is 459 g/mol. The number of rotatable bonds is 3. The Balaban J connectivity index is 1.61. The zero-order valence-electron chi connectivity index (χ0n) is 19.5. The second kappa shape index (κ2) is 9.13. The van der Waals surface area contributed by atoms with Crippen LogP contribution in [0.5, 0.6) is 0 Å². The van der Waals surface area contributed by atoms with Crippen LogP contribution in [0.4, 0.5) is 10.5 Å². The molecule has 178 valence electrons. The first kappa shape index (κ1) is 24.1. The first-order valence-electron chi connectivity index (χ1n) is 10.7. The highest BCUT2D eigenvalue weighted by Crippen LogP contribution is 2.23. The van der Waals surface area contributed by atoms with E-state index in [1.165, 1.54) is 20.0 Å². The molecule has 2 aliphatic heterocycles. The maximum absolute atomic E-state index is 12.9. The molecule has 2 fully saturated rings. The third-order valence-electron chi connectivity index (χ3n) is 4.83. The smallest absolute Gasteiger partial charge is 0.410 e. The van der Waals surface area contributed by atoms with Crippen molar-refractivity contribution in [3.05, 3.63) is 41.6 Å². The molecular weight excluding hydrogens is 430 g/mol. The molecule has 33 heavy (non-hydrogen) atoms. The summed E-state index contributed by atoms with van der Waals surface area (Å²) in [7, 11) is 0. The maximum Gasteiger partial charge on any atom is 0.410 e. The van der Waals surface area contributed by atoms with Crippen molar-refractivity contribution in [2.45, 2.75) is 46.0 Å². The number of cyclic esters (lactones) is 2. The number of anilines is 1. The lowest BCUT2D eigenvalue weighted by Gasteiger charge is -2.35. The highest BCUT2D eigenvalue weighted by molar-refractivity contribution is 6.15. The highest BCUT2D eigenvalue weighted by atomic mass is 16.7. The molecule has 2 amide bonds. The van der Waals surface area contributed by atoms with Crippen molar-refractivity contribution in [3.8, 4) is 0 Å². The minimum Gasteiger partial charge on any atom is -0.444 e. The summed E-state index contributed by atoms with van der Waals surface area (Å²) in [6.45, 7) is 9.88.